The van der Waals surface area contributed by atoms with Crippen LogP contribution in [-0.2, 0) is 4.74 Å². The highest BCUT2D eigenvalue weighted by Gasteiger charge is 2.21. The number of fused-ring (bicyclic) bond motifs is 1. The van der Waals surface area contributed by atoms with E-state index in [0.717, 1.165) is 18.9 Å². The summed E-state index contributed by atoms with van der Waals surface area (Å²) in [5.41, 5.74) is 2.34. The zero-order valence-electron chi connectivity index (χ0n) is 15.1. The van der Waals surface area contributed by atoms with Crippen LogP contribution in [0.1, 0.15) is 35.9 Å². The van der Waals surface area contributed by atoms with E-state index in [0.29, 0.717) is 28.8 Å². The van der Waals surface area contributed by atoms with Crippen LogP contribution in [0.4, 0.5) is 5.82 Å². The van der Waals surface area contributed by atoms with Crippen molar-refractivity contribution in [3.63, 3.8) is 0 Å². The average Bonchev–Trinajstić information content (AvgIpc) is 2.59. The van der Waals surface area contributed by atoms with Gasteiger partial charge in [0.2, 0.25) is 0 Å². The van der Waals surface area contributed by atoms with Crippen molar-refractivity contribution in [1.82, 2.24) is 14.9 Å². The molecule has 1 amide bonds. The van der Waals surface area contributed by atoms with Crippen LogP contribution in [0.25, 0.3) is 11.0 Å². The molecule has 2 unspecified atom stereocenters. The first-order chi connectivity index (χ1) is 11.9. The Kier molecular flexibility index (Phi) is 4.87. The Morgan fingerprint density at radius 3 is 2.84 bits per heavy atom. The fourth-order valence-corrected chi connectivity index (χ4v) is 3.01. The number of anilines is 1. The lowest BCUT2D eigenvalue weighted by molar-refractivity contribution is 0.0529. The molecule has 0 radical (unpaired) electrons. The van der Waals surface area contributed by atoms with E-state index in [2.05, 4.69) is 9.88 Å². The monoisotopic (exact) mass is 344 g/mol. The van der Waals surface area contributed by atoms with Crippen LogP contribution < -0.4 is 4.90 Å². The molecular formula is C18H24N4O3. The lowest BCUT2D eigenvalue weighted by atomic mass is 10.0. The first-order valence-corrected chi connectivity index (χ1v) is 8.43. The van der Waals surface area contributed by atoms with Gasteiger partial charge in [0.25, 0.3) is 5.91 Å². The molecule has 2 atom stereocenters. The first kappa shape index (κ1) is 17.6. The second kappa shape index (κ2) is 6.93. The summed E-state index contributed by atoms with van der Waals surface area (Å²) in [4.78, 5) is 25.1. The Morgan fingerprint density at radius 2 is 2.20 bits per heavy atom. The molecule has 1 aliphatic rings. The number of rotatable bonds is 3. The fraction of sp³-hybridized carbons (Fsp3) is 0.500. The third kappa shape index (κ3) is 3.57. The van der Waals surface area contributed by atoms with E-state index in [1.54, 1.807) is 39.3 Å². The van der Waals surface area contributed by atoms with Gasteiger partial charge < -0.3 is 19.6 Å². The minimum atomic E-state index is -0.745. The highest BCUT2D eigenvalue weighted by Crippen LogP contribution is 2.26. The maximum atomic E-state index is 12.3. The molecule has 0 spiro atoms. The van der Waals surface area contributed by atoms with Crippen molar-refractivity contribution < 1.29 is 14.6 Å². The molecule has 7 nitrogen and oxygen atoms in total. The highest BCUT2D eigenvalue weighted by molar-refractivity contribution is 5.98. The third-order valence-electron chi connectivity index (χ3n) is 4.33. The number of carbonyl (C=O) groups excluding carboxylic acids is 1. The molecule has 1 fully saturated rings. The summed E-state index contributed by atoms with van der Waals surface area (Å²) >= 11 is 0. The molecule has 0 aliphatic carbocycles. The van der Waals surface area contributed by atoms with Crippen LogP contribution in [-0.4, -0.2) is 65.8 Å². The van der Waals surface area contributed by atoms with E-state index in [-0.39, 0.29) is 12.0 Å². The number of nitrogens with zero attached hydrogens (tertiary/aromatic N) is 4. The number of aliphatic hydroxyl groups excluding tert-OH is 1. The fourth-order valence-electron chi connectivity index (χ4n) is 3.01. The van der Waals surface area contributed by atoms with Crippen LogP contribution in [0.15, 0.2) is 18.3 Å². The number of aromatic nitrogens is 2. The van der Waals surface area contributed by atoms with Gasteiger partial charge in [0.1, 0.15) is 5.82 Å². The molecule has 2 aromatic rings. The molecule has 0 bridgehead atoms. The first-order valence-electron chi connectivity index (χ1n) is 8.43. The van der Waals surface area contributed by atoms with Crippen molar-refractivity contribution in [3.8, 4) is 0 Å². The van der Waals surface area contributed by atoms with Crippen LogP contribution >= 0.6 is 0 Å². The van der Waals surface area contributed by atoms with Crippen LogP contribution in [0, 0.1) is 0 Å². The second-order valence-corrected chi connectivity index (χ2v) is 6.66. The minimum absolute atomic E-state index is 0.128. The zero-order valence-corrected chi connectivity index (χ0v) is 15.1. The van der Waals surface area contributed by atoms with Gasteiger partial charge in [0.15, 0.2) is 0 Å². The summed E-state index contributed by atoms with van der Waals surface area (Å²) in [6.45, 7) is 5.86. The Bertz CT molecular complexity index is 791. The Morgan fingerprint density at radius 1 is 1.44 bits per heavy atom. The predicted octanol–water partition coefficient (Wildman–Crippen LogP) is 1.61. The molecule has 25 heavy (non-hydrogen) atoms. The number of aliphatic hydroxyl groups is 1. The molecule has 1 N–H and O–H groups in total. The summed E-state index contributed by atoms with van der Waals surface area (Å²) in [5, 5.41) is 10.2. The van der Waals surface area contributed by atoms with Gasteiger partial charge in [-0.05, 0) is 26.0 Å². The largest absolute Gasteiger partial charge is 0.389 e. The smallest absolute Gasteiger partial charge is 0.253 e. The molecule has 7 heteroatoms. The van der Waals surface area contributed by atoms with Crippen molar-refractivity contribution in [2.45, 2.75) is 26.1 Å². The molecule has 1 saturated heterocycles. The maximum Gasteiger partial charge on any atom is 0.253 e. The van der Waals surface area contributed by atoms with E-state index < -0.39 is 6.10 Å². The number of ether oxygens (including phenoxy) is 1. The van der Waals surface area contributed by atoms with E-state index in [1.165, 1.54) is 4.90 Å². The second-order valence-electron chi connectivity index (χ2n) is 6.66. The number of morpholine rings is 1. The molecule has 2 heterocycles. The van der Waals surface area contributed by atoms with Crippen molar-refractivity contribution in [3.05, 3.63) is 29.5 Å². The van der Waals surface area contributed by atoms with Crippen LogP contribution in [0.2, 0.25) is 0 Å². The summed E-state index contributed by atoms with van der Waals surface area (Å²) in [6.07, 6.45) is 1.11. The minimum Gasteiger partial charge on any atom is -0.389 e. The van der Waals surface area contributed by atoms with Crippen molar-refractivity contribution in [2.75, 3.05) is 38.7 Å². The van der Waals surface area contributed by atoms with Gasteiger partial charge in [-0.3, -0.25) is 9.78 Å². The number of benzene rings is 1. The van der Waals surface area contributed by atoms with Gasteiger partial charge >= 0.3 is 0 Å². The SMILES string of the molecule is CC1CN(c2cnc3cc(C(=O)N(C)C)cc(C(C)O)c3n2)CCO1. The number of amides is 1. The van der Waals surface area contributed by atoms with Gasteiger partial charge in [-0.2, -0.15) is 0 Å². The molecule has 1 aromatic carbocycles. The van der Waals surface area contributed by atoms with Gasteiger partial charge in [-0.1, -0.05) is 0 Å². The molecular weight excluding hydrogens is 320 g/mol. The van der Waals surface area contributed by atoms with Gasteiger partial charge in [-0.25, -0.2) is 4.98 Å². The summed E-state index contributed by atoms with van der Waals surface area (Å²) < 4.78 is 5.57. The van der Waals surface area contributed by atoms with Crippen molar-refractivity contribution in [2.24, 2.45) is 0 Å². The van der Waals surface area contributed by atoms with E-state index in [1.807, 2.05) is 6.92 Å². The molecule has 0 saturated carbocycles. The average molecular weight is 344 g/mol. The van der Waals surface area contributed by atoms with E-state index >= 15 is 0 Å². The van der Waals surface area contributed by atoms with E-state index in [4.69, 9.17) is 9.72 Å². The Labute approximate surface area is 147 Å². The zero-order chi connectivity index (χ0) is 18.1. The van der Waals surface area contributed by atoms with Crippen LogP contribution in [0.5, 0.6) is 0 Å². The molecule has 134 valence electrons. The maximum absolute atomic E-state index is 12.3. The summed E-state index contributed by atoms with van der Waals surface area (Å²) in [6, 6.07) is 3.43. The van der Waals surface area contributed by atoms with Crippen LogP contribution in [0.3, 0.4) is 0 Å². The summed E-state index contributed by atoms with van der Waals surface area (Å²) in [5.74, 6) is 0.632. The normalized spacial score (nSPS) is 19.1. The Balaban J connectivity index is 2.08. The summed E-state index contributed by atoms with van der Waals surface area (Å²) in [7, 11) is 3.39. The molecule has 3 rings (SSSR count). The van der Waals surface area contributed by atoms with Gasteiger partial charge in [0, 0.05) is 38.3 Å². The lowest BCUT2D eigenvalue weighted by Crippen LogP contribution is -2.41. The number of hydrogen-bond acceptors (Lipinski definition) is 6. The lowest BCUT2D eigenvalue weighted by Gasteiger charge is -2.32. The topological polar surface area (TPSA) is 78.8 Å². The van der Waals surface area contributed by atoms with Crippen molar-refractivity contribution >= 4 is 22.8 Å². The quantitative estimate of drug-likeness (QED) is 0.911. The predicted molar refractivity (Wildman–Crippen MR) is 95.8 cm³/mol. The number of hydrogen-bond donors (Lipinski definition) is 1. The van der Waals surface area contributed by atoms with E-state index in [9.17, 15) is 9.90 Å². The standard InChI is InChI=1S/C18H24N4O3/c1-11-10-22(5-6-25-11)16-9-19-15-8-13(18(24)21(3)4)7-14(12(2)23)17(15)20-16/h7-9,11-12,23H,5-6,10H2,1-4H3. The van der Waals surface area contributed by atoms with Gasteiger partial charge in [0.05, 0.1) is 36.0 Å². The Hall–Kier alpha value is -2.25. The highest BCUT2D eigenvalue weighted by atomic mass is 16.5. The van der Waals surface area contributed by atoms with Gasteiger partial charge in [-0.15, -0.1) is 0 Å². The molecule has 1 aromatic heterocycles. The van der Waals surface area contributed by atoms with Crippen molar-refractivity contribution in [1.29, 1.82) is 0 Å². The molecule has 1 aliphatic heterocycles. The number of carbonyl (C=O) groups is 1. The third-order valence-corrected chi connectivity index (χ3v) is 4.33.